The fourth-order valence-electron chi connectivity index (χ4n) is 2.97. The highest BCUT2D eigenvalue weighted by Gasteiger charge is 2.36. The third-order valence-electron chi connectivity index (χ3n) is 4.89. The van der Waals surface area contributed by atoms with Gasteiger partial charge in [0, 0.05) is 18.9 Å². The molecule has 164 valence electrons. The fraction of sp³-hybridized carbons (Fsp3) is 0.400. The minimum absolute atomic E-state index is 0.0261. The quantitative estimate of drug-likeness (QED) is 0.362. The van der Waals surface area contributed by atoms with Crippen molar-refractivity contribution < 1.29 is 27.6 Å². The number of hydrogen-bond donors (Lipinski definition) is 1. The minimum Gasteiger partial charge on any atom is -0.389 e. The molecule has 2 aliphatic rings. The Balaban J connectivity index is 1.57. The maximum Gasteiger partial charge on any atom is 0.280 e. The number of nitrogens with zero attached hydrogens (tertiary/aromatic N) is 2. The van der Waals surface area contributed by atoms with Crippen LogP contribution in [0.3, 0.4) is 0 Å². The van der Waals surface area contributed by atoms with Crippen molar-refractivity contribution in [2.45, 2.75) is 42.4 Å². The van der Waals surface area contributed by atoms with E-state index in [2.05, 4.69) is 15.5 Å². The standard InChI is InChI=1S/C20H21N3O6S2/c1-12(24)17-10-21-20(30-17)22-19(25)18(23-29-14-8-9-28-11-14)13-2-4-15(5-3-13)31(26,27)16-6-7-16/h2-5,10,14,16H,6-9,11H2,1H3,(H,21,22,25)/t14-/m1/s1. The average molecular weight is 464 g/mol. The first-order chi connectivity index (χ1) is 14.8. The summed E-state index contributed by atoms with van der Waals surface area (Å²) in [6, 6.07) is 6.01. The summed E-state index contributed by atoms with van der Waals surface area (Å²) in [5.74, 6) is -0.731. The van der Waals surface area contributed by atoms with Crippen molar-refractivity contribution in [1.29, 1.82) is 0 Å². The SMILES string of the molecule is CC(=O)c1cnc(NC(=O)C(=NO[C@@H]2CCOC2)c2ccc(S(=O)(=O)C3CC3)cc2)s1. The van der Waals surface area contributed by atoms with E-state index in [1.54, 1.807) is 0 Å². The lowest BCUT2D eigenvalue weighted by molar-refractivity contribution is -0.110. The van der Waals surface area contributed by atoms with Gasteiger partial charge in [-0.15, -0.1) is 0 Å². The Hall–Kier alpha value is -2.63. The molecule has 0 spiro atoms. The van der Waals surface area contributed by atoms with E-state index in [-0.39, 0.29) is 32.9 Å². The number of aromatic nitrogens is 1. The molecule has 1 amide bonds. The second kappa shape index (κ2) is 8.85. The molecule has 1 aliphatic heterocycles. The zero-order valence-corrected chi connectivity index (χ0v) is 18.4. The van der Waals surface area contributed by atoms with Crippen LogP contribution in [-0.4, -0.2) is 55.4 Å². The monoisotopic (exact) mass is 463 g/mol. The number of anilines is 1. The van der Waals surface area contributed by atoms with Crippen LogP contribution in [0.1, 0.15) is 41.4 Å². The van der Waals surface area contributed by atoms with Gasteiger partial charge in [-0.1, -0.05) is 28.6 Å². The zero-order valence-electron chi connectivity index (χ0n) is 16.7. The van der Waals surface area contributed by atoms with E-state index in [4.69, 9.17) is 9.57 Å². The molecule has 31 heavy (non-hydrogen) atoms. The molecule has 1 aromatic heterocycles. The Morgan fingerprint density at radius 1 is 1.23 bits per heavy atom. The highest BCUT2D eigenvalue weighted by Crippen LogP contribution is 2.33. The predicted octanol–water partition coefficient (Wildman–Crippen LogP) is 2.43. The van der Waals surface area contributed by atoms with Gasteiger partial charge in [-0.25, -0.2) is 13.4 Å². The molecule has 1 aromatic carbocycles. The molecule has 1 saturated carbocycles. The van der Waals surface area contributed by atoms with Crippen molar-refractivity contribution in [2.24, 2.45) is 5.16 Å². The molecule has 2 heterocycles. The first-order valence-electron chi connectivity index (χ1n) is 9.78. The molecular formula is C20H21N3O6S2. The van der Waals surface area contributed by atoms with Gasteiger partial charge >= 0.3 is 0 Å². The lowest BCUT2D eigenvalue weighted by Crippen LogP contribution is -2.25. The van der Waals surface area contributed by atoms with Gasteiger partial charge < -0.3 is 9.57 Å². The molecule has 1 aliphatic carbocycles. The van der Waals surface area contributed by atoms with Crippen LogP contribution in [0.15, 0.2) is 40.5 Å². The second-order valence-corrected chi connectivity index (χ2v) is 10.6. The molecule has 0 unspecified atom stereocenters. The number of oxime groups is 1. The van der Waals surface area contributed by atoms with E-state index in [0.29, 0.717) is 42.9 Å². The number of carbonyl (C=O) groups is 2. The Kier molecular flexibility index (Phi) is 6.17. The summed E-state index contributed by atoms with van der Waals surface area (Å²) in [6.45, 7) is 2.36. The zero-order chi connectivity index (χ0) is 22.0. The molecule has 9 nitrogen and oxygen atoms in total. The molecule has 0 bridgehead atoms. The summed E-state index contributed by atoms with van der Waals surface area (Å²) in [5, 5.41) is 6.59. The van der Waals surface area contributed by atoms with Crippen molar-refractivity contribution in [2.75, 3.05) is 18.5 Å². The molecule has 0 radical (unpaired) electrons. The summed E-state index contributed by atoms with van der Waals surface area (Å²) in [5.41, 5.74) is 0.372. The third-order valence-corrected chi connectivity index (χ3v) is 8.18. The number of ether oxygens (including phenoxy) is 1. The minimum atomic E-state index is -3.34. The number of sulfone groups is 1. The first kappa shape index (κ1) is 21.6. The number of ketones is 1. The Bertz CT molecular complexity index is 1110. The Morgan fingerprint density at radius 3 is 2.55 bits per heavy atom. The molecule has 2 fully saturated rings. The summed E-state index contributed by atoms with van der Waals surface area (Å²) in [6.07, 6.45) is 3.13. The smallest absolute Gasteiger partial charge is 0.280 e. The van der Waals surface area contributed by atoms with Gasteiger partial charge in [-0.3, -0.25) is 14.9 Å². The Labute approximate surface area is 183 Å². The van der Waals surface area contributed by atoms with Crippen molar-refractivity contribution in [1.82, 2.24) is 4.98 Å². The van der Waals surface area contributed by atoms with Crippen LogP contribution in [0, 0.1) is 0 Å². The van der Waals surface area contributed by atoms with Gasteiger partial charge in [-0.05, 0) is 25.0 Å². The van der Waals surface area contributed by atoms with Gasteiger partial charge in [0.15, 0.2) is 32.6 Å². The van der Waals surface area contributed by atoms with E-state index in [9.17, 15) is 18.0 Å². The van der Waals surface area contributed by atoms with Crippen LogP contribution in [-0.2, 0) is 24.2 Å². The number of nitrogens with one attached hydrogen (secondary N) is 1. The number of amides is 1. The van der Waals surface area contributed by atoms with E-state index < -0.39 is 15.7 Å². The molecule has 1 N–H and O–H groups in total. The van der Waals surface area contributed by atoms with Gasteiger partial charge in [0.05, 0.1) is 34.4 Å². The predicted molar refractivity (Wildman–Crippen MR) is 114 cm³/mol. The molecule has 11 heteroatoms. The highest BCUT2D eigenvalue weighted by molar-refractivity contribution is 7.92. The van der Waals surface area contributed by atoms with E-state index >= 15 is 0 Å². The number of carbonyl (C=O) groups excluding carboxylic acids is 2. The van der Waals surface area contributed by atoms with Gasteiger partial charge in [0.1, 0.15) is 0 Å². The maximum atomic E-state index is 12.9. The van der Waals surface area contributed by atoms with Crippen LogP contribution in [0.2, 0.25) is 0 Å². The largest absolute Gasteiger partial charge is 0.389 e. The molecule has 4 rings (SSSR count). The second-order valence-electron chi connectivity index (χ2n) is 7.34. The van der Waals surface area contributed by atoms with Crippen LogP contribution in [0.4, 0.5) is 5.13 Å². The van der Waals surface area contributed by atoms with Gasteiger partial charge in [0.2, 0.25) is 0 Å². The van der Waals surface area contributed by atoms with Crippen LogP contribution >= 0.6 is 11.3 Å². The van der Waals surface area contributed by atoms with Gasteiger partial charge in [0.25, 0.3) is 5.91 Å². The molecule has 1 saturated heterocycles. The number of rotatable bonds is 8. The van der Waals surface area contributed by atoms with Gasteiger partial charge in [-0.2, -0.15) is 0 Å². The van der Waals surface area contributed by atoms with Crippen molar-refractivity contribution in [3.05, 3.63) is 40.9 Å². The van der Waals surface area contributed by atoms with Crippen molar-refractivity contribution >= 4 is 43.7 Å². The number of Topliss-reactive ketones (excluding diaryl/α,β-unsaturated/α-hetero) is 1. The van der Waals surface area contributed by atoms with Crippen LogP contribution < -0.4 is 5.32 Å². The Morgan fingerprint density at radius 2 is 1.97 bits per heavy atom. The topological polar surface area (TPSA) is 124 Å². The van der Waals surface area contributed by atoms with E-state index in [0.717, 1.165) is 11.3 Å². The lowest BCUT2D eigenvalue weighted by atomic mass is 10.1. The highest BCUT2D eigenvalue weighted by atomic mass is 32.2. The lowest BCUT2D eigenvalue weighted by Gasteiger charge is -2.10. The third kappa shape index (κ3) is 5.00. The molecule has 2 aromatic rings. The average Bonchev–Trinajstić information content (AvgIpc) is 3.29. The normalized spacial score (nSPS) is 19.3. The molecule has 1 atom stereocenters. The fourth-order valence-corrected chi connectivity index (χ4v) is 5.34. The number of benzene rings is 1. The molecular weight excluding hydrogens is 442 g/mol. The summed E-state index contributed by atoms with van der Waals surface area (Å²) in [4.78, 5) is 34.5. The summed E-state index contributed by atoms with van der Waals surface area (Å²) < 4.78 is 30.1. The van der Waals surface area contributed by atoms with E-state index in [1.165, 1.54) is 37.4 Å². The van der Waals surface area contributed by atoms with Crippen LogP contribution in [0.25, 0.3) is 0 Å². The van der Waals surface area contributed by atoms with Crippen molar-refractivity contribution in [3.63, 3.8) is 0 Å². The number of thiazole rings is 1. The maximum absolute atomic E-state index is 12.9. The number of hydrogen-bond acceptors (Lipinski definition) is 9. The van der Waals surface area contributed by atoms with Crippen molar-refractivity contribution in [3.8, 4) is 0 Å². The van der Waals surface area contributed by atoms with E-state index in [1.807, 2.05) is 0 Å². The summed E-state index contributed by atoms with van der Waals surface area (Å²) >= 11 is 1.05. The van der Waals surface area contributed by atoms with Crippen LogP contribution in [0.5, 0.6) is 0 Å². The first-order valence-corrected chi connectivity index (χ1v) is 12.1. The summed E-state index contributed by atoms with van der Waals surface area (Å²) in [7, 11) is -3.34.